The summed E-state index contributed by atoms with van der Waals surface area (Å²) in [5.41, 5.74) is 6.16. The lowest BCUT2D eigenvalue weighted by molar-refractivity contribution is 0.266. The normalized spacial score (nSPS) is 18.3. The second-order valence-corrected chi connectivity index (χ2v) is 7.62. The third kappa shape index (κ3) is 3.50. The van der Waals surface area contributed by atoms with E-state index >= 15 is 0 Å². The monoisotopic (exact) mass is 333 g/mol. The van der Waals surface area contributed by atoms with E-state index in [0.29, 0.717) is 0 Å². The van der Waals surface area contributed by atoms with Gasteiger partial charge < -0.3 is 9.32 Å². The number of furan rings is 1. The summed E-state index contributed by atoms with van der Waals surface area (Å²) < 4.78 is 6.07. The largest absolute Gasteiger partial charge is 0.461 e. The van der Waals surface area contributed by atoms with Crippen molar-refractivity contribution in [1.82, 2.24) is 4.90 Å². The van der Waals surface area contributed by atoms with Gasteiger partial charge in [-0.15, -0.1) is 0 Å². The van der Waals surface area contributed by atoms with Gasteiger partial charge in [-0.2, -0.15) is 0 Å². The zero-order valence-electron chi connectivity index (χ0n) is 15.5. The van der Waals surface area contributed by atoms with Crippen LogP contribution in [0.2, 0.25) is 0 Å². The number of nitrogens with zero attached hydrogens (tertiary/aromatic N) is 1. The minimum atomic E-state index is 0.723. The van der Waals surface area contributed by atoms with Crippen LogP contribution < -0.4 is 0 Å². The van der Waals surface area contributed by atoms with Crippen molar-refractivity contribution in [2.24, 2.45) is 0 Å². The number of rotatable bonds is 4. The Morgan fingerprint density at radius 3 is 2.52 bits per heavy atom. The molecule has 0 saturated carbocycles. The molecular weight excluding hydrogens is 306 g/mol. The topological polar surface area (TPSA) is 16.4 Å². The van der Waals surface area contributed by atoms with Crippen LogP contribution in [0.15, 0.2) is 46.9 Å². The fraction of sp³-hybridized carbons (Fsp3) is 0.391. The van der Waals surface area contributed by atoms with Crippen molar-refractivity contribution >= 4 is 11.0 Å². The van der Waals surface area contributed by atoms with Crippen LogP contribution in [-0.4, -0.2) is 24.0 Å². The van der Waals surface area contributed by atoms with E-state index in [9.17, 15) is 0 Å². The van der Waals surface area contributed by atoms with Crippen LogP contribution in [0.4, 0.5) is 0 Å². The summed E-state index contributed by atoms with van der Waals surface area (Å²) in [5.74, 6) is 1.10. The SMILES string of the molecule is Cc1cc(C)cc(-c2ccc3oc(CCN4CCCC4C)cc3c2)c1. The summed E-state index contributed by atoms with van der Waals surface area (Å²) in [7, 11) is 0. The van der Waals surface area contributed by atoms with E-state index < -0.39 is 0 Å². The van der Waals surface area contributed by atoms with E-state index in [1.54, 1.807) is 0 Å². The molecule has 0 N–H and O–H groups in total. The maximum absolute atomic E-state index is 6.07. The van der Waals surface area contributed by atoms with Crippen LogP contribution in [0, 0.1) is 13.8 Å². The molecule has 25 heavy (non-hydrogen) atoms. The highest BCUT2D eigenvalue weighted by atomic mass is 16.3. The summed E-state index contributed by atoms with van der Waals surface area (Å²) in [6.07, 6.45) is 3.66. The molecule has 0 amide bonds. The fourth-order valence-corrected chi connectivity index (χ4v) is 4.12. The second kappa shape index (κ2) is 6.68. The van der Waals surface area contributed by atoms with Crippen molar-refractivity contribution < 1.29 is 4.42 Å². The van der Waals surface area contributed by atoms with E-state index in [1.807, 2.05) is 0 Å². The Balaban J connectivity index is 1.56. The molecule has 1 unspecified atom stereocenters. The van der Waals surface area contributed by atoms with Gasteiger partial charge in [0.2, 0.25) is 0 Å². The molecule has 4 rings (SSSR count). The summed E-state index contributed by atoms with van der Waals surface area (Å²) in [6.45, 7) is 8.99. The molecule has 2 nitrogen and oxygen atoms in total. The molecule has 1 aromatic heterocycles. The lowest BCUT2D eigenvalue weighted by atomic mass is 10.00. The molecule has 1 aliphatic heterocycles. The van der Waals surface area contributed by atoms with Crippen LogP contribution in [0.25, 0.3) is 22.1 Å². The van der Waals surface area contributed by atoms with Gasteiger partial charge in [0.25, 0.3) is 0 Å². The maximum Gasteiger partial charge on any atom is 0.134 e. The molecular formula is C23H27NO. The first-order valence-electron chi connectivity index (χ1n) is 9.44. The highest BCUT2D eigenvalue weighted by Crippen LogP contribution is 2.28. The molecule has 1 atom stereocenters. The number of hydrogen-bond acceptors (Lipinski definition) is 2. The van der Waals surface area contributed by atoms with Gasteiger partial charge in [-0.25, -0.2) is 0 Å². The molecule has 1 saturated heterocycles. The van der Waals surface area contributed by atoms with Crippen molar-refractivity contribution in [3.05, 3.63) is 59.4 Å². The quantitative estimate of drug-likeness (QED) is 0.605. The van der Waals surface area contributed by atoms with Gasteiger partial charge in [0.05, 0.1) is 0 Å². The van der Waals surface area contributed by atoms with E-state index in [0.717, 1.165) is 30.4 Å². The Kier molecular flexibility index (Phi) is 4.39. The Hall–Kier alpha value is -2.06. The Bertz CT molecular complexity index is 872. The Morgan fingerprint density at radius 1 is 1.00 bits per heavy atom. The predicted octanol–water partition coefficient (Wildman–Crippen LogP) is 5.74. The van der Waals surface area contributed by atoms with Gasteiger partial charge in [0.1, 0.15) is 11.3 Å². The average molecular weight is 333 g/mol. The summed E-state index contributed by atoms with van der Waals surface area (Å²) >= 11 is 0. The molecule has 2 heterocycles. The number of likely N-dealkylation sites (tertiary alicyclic amines) is 1. The zero-order valence-corrected chi connectivity index (χ0v) is 15.5. The van der Waals surface area contributed by atoms with Crippen molar-refractivity contribution in [2.45, 2.75) is 46.1 Å². The molecule has 0 radical (unpaired) electrons. The highest BCUT2D eigenvalue weighted by molar-refractivity contribution is 5.84. The van der Waals surface area contributed by atoms with Crippen LogP contribution in [0.5, 0.6) is 0 Å². The van der Waals surface area contributed by atoms with Gasteiger partial charge in [-0.3, -0.25) is 0 Å². The third-order valence-electron chi connectivity index (χ3n) is 5.46. The highest BCUT2D eigenvalue weighted by Gasteiger charge is 2.20. The standard InChI is InChI=1S/C23H27NO/c1-16-11-17(2)13-20(12-16)19-6-7-23-21(14-19)15-22(25-23)8-10-24-9-4-5-18(24)3/h6-7,11-15,18H,4-5,8-10H2,1-3H3. The van der Waals surface area contributed by atoms with Gasteiger partial charge >= 0.3 is 0 Å². The van der Waals surface area contributed by atoms with Gasteiger partial charge in [0.15, 0.2) is 0 Å². The second-order valence-electron chi connectivity index (χ2n) is 7.62. The third-order valence-corrected chi connectivity index (χ3v) is 5.46. The number of benzene rings is 2. The molecule has 2 heteroatoms. The zero-order chi connectivity index (χ0) is 17.4. The summed E-state index contributed by atoms with van der Waals surface area (Å²) in [4.78, 5) is 2.58. The van der Waals surface area contributed by atoms with Crippen LogP contribution in [-0.2, 0) is 6.42 Å². The molecule has 1 fully saturated rings. The molecule has 3 aromatic rings. The Labute approximate surface area is 150 Å². The molecule has 2 aromatic carbocycles. The van der Waals surface area contributed by atoms with Crippen molar-refractivity contribution in [3.8, 4) is 11.1 Å². The van der Waals surface area contributed by atoms with Gasteiger partial charge in [-0.1, -0.05) is 35.4 Å². The number of aryl methyl sites for hydroxylation is 2. The molecule has 1 aliphatic rings. The van der Waals surface area contributed by atoms with E-state index in [1.165, 1.54) is 47.0 Å². The van der Waals surface area contributed by atoms with E-state index in [2.05, 4.69) is 68.1 Å². The minimum absolute atomic E-state index is 0.723. The number of hydrogen-bond donors (Lipinski definition) is 0. The first-order valence-corrected chi connectivity index (χ1v) is 9.44. The van der Waals surface area contributed by atoms with Crippen molar-refractivity contribution in [2.75, 3.05) is 13.1 Å². The van der Waals surface area contributed by atoms with Crippen LogP contribution in [0.1, 0.15) is 36.7 Å². The Morgan fingerprint density at radius 2 is 1.80 bits per heavy atom. The first-order chi connectivity index (χ1) is 12.1. The summed E-state index contributed by atoms with van der Waals surface area (Å²) in [5, 5.41) is 1.21. The minimum Gasteiger partial charge on any atom is -0.461 e. The van der Waals surface area contributed by atoms with Gasteiger partial charge in [-0.05, 0) is 69.5 Å². The van der Waals surface area contributed by atoms with E-state index in [4.69, 9.17) is 4.42 Å². The van der Waals surface area contributed by atoms with E-state index in [-0.39, 0.29) is 0 Å². The lowest BCUT2D eigenvalue weighted by Gasteiger charge is -2.19. The molecule has 0 bridgehead atoms. The molecule has 130 valence electrons. The number of fused-ring (bicyclic) bond motifs is 1. The van der Waals surface area contributed by atoms with Crippen molar-refractivity contribution in [1.29, 1.82) is 0 Å². The average Bonchev–Trinajstić information content (AvgIpc) is 3.16. The molecule has 0 aliphatic carbocycles. The molecule has 0 spiro atoms. The van der Waals surface area contributed by atoms with Crippen LogP contribution >= 0.6 is 0 Å². The fourth-order valence-electron chi connectivity index (χ4n) is 4.12. The first kappa shape index (κ1) is 16.4. The summed E-state index contributed by atoms with van der Waals surface area (Å²) in [6, 6.07) is 16.2. The maximum atomic E-state index is 6.07. The smallest absolute Gasteiger partial charge is 0.134 e. The lowest BCUT2D eigenvalue weighted by Crippen LogP contribution is -2.28. The van der Waals surface area contributed by atoms with Crippen molar-refractivity contribution in [3.63, 3.8) is 0 Å². The van der Waals surface area contributed by atoms with Gasteiger partial charge in [0, 0.05) is 24.4 Å². The predicted molar refractivity (Wildman–Crippen MR) is 105 cm³/mol. The van der Waals surface area contributed by atoms with Crippen LogP contribution in [0.3, 0.4) is 0 Å².